The second-order valence-corrected chi connectivity index (χ2v) is 6.64. The molecule has 7 nitrogen and oxygen atoms in total. The predicted molar refractivity (Wildman–Crippen MR) is 105 cm³/mol. The van der Waals surface area contributed by atoms with Crippen molar-refractivity contribution in [3.8, 4) is 5.75 Å². The molecule has 0 unspecified atom stereocenters. The van der Waals surface area contributed by atoms with Gasteiger partial charge in [0.05, 0.1) is 19.3 Å². The number of nitrogens with zero attached hydrogens (tertiary/aromatic N) is 2. The first-order valence-corrected chi connectivity index (χ1v) is 9.08. The molecule has 27 heavy (non-hydrogen) atoms. The lowest BCUT2D eigenvalue weighted by molar-refractivity contribution is -0.134. The average molecular weight is 372 g/mol. The Morgan fingerprint density at radius 1 is 1.33 bits per heavy atom. The summed E-state index contributed by atoms with van der Waals surface area (Å²) in [7, 11) is 1.57. The van der Waals surface area contributed by atoms with Crippen LogP contribution in [0.2, 0.25) is 0 Å². The van der Waals surface area contributed by atoms with Gasteiger partial charge < -0.3 is 15.0 Å². The molecule has 0 aliphatic carbocycles. The zero-order valence-corrected chi connectivity index (χ0v) is 16.6. The fraction of sp³-hybridized carbons (Fsp3) is 0.450. The smallest absolute Gasteiger partial charge is 0.243 e. The van der Waals surface area contributed by atoms with Gasteiger partial charge in [0.1, 0.15) is 5.75 Å². The van der Waals surface area contributed by atoms with Gasteiger partial charge in [-0.05, 0) is 44.4 Å². The molecule has 7 heteroatoms. The Bertz CT molecular complexity index is 781. The van der Waals surface area contributed by atoms with E-state index in [1.54, 1.807) is 36.3 Å². The number of carbonyl (C=O) groups is 2. The number of hydrogen-bond donors (Lipinski definition) is 2. The molecule has 1 atom stereocenters. The first-order valence-electron chi connectivity index (χ1n) is 9.08. The van der Waals surface area contributed by atoms with Crippen LogP contribution < -0.4 is 10.1 Å². The van der Waals surface area contributed by atoms with Crippen molar-refractivity contribution >= 4 is 17.5 Å². The van der Waals surface area contributed by atoms with Crippen molar-refractivity contribution in [2.45, 2.75) is 40.0 Å². The Morgan fingerprint density at radius 3 is 2.67 bits per heavy atom. The highest BCUT2D eigenvalue weighted by Crippen LogP contribution is 2.25. The van der Waals surface area contributed by atoms with Crippen LogP contribution in [0.25, 0.3) is 0 Å². The molecule has 0 saturated carbocycles. The first-order chi connectivity index (χ1) is 12.8. The highest BCUT2D eigenvalue weighted by Gasteiger charge is 2.22. The van der Waals surface area contributed by atoms with Crippen LogP contribution in [-0.4, -0.2) is 47.1 Å². The molecule has 0 aliphatic rings. The number of rotatable bonds is 8. The fourth-order valence-electron chi connectivity index (χ4n) is 3.23. The second kappa shape index (κ2) is 9.21. The van der Waals surface area contributed by atoms with Crippen LogP contribution >= 0.6 is 0 Å². The molecule has 0 bridgehead atoms. The maximum atomic E-state index is 12.7. The molecule has 0 spiro atoms. The van der Waals surface area contributed by atoms with Gasteiger partial charge in [-0.3, -0.25) is 14.7 Å². The van der Waals surface area contributed by atoms with Crippen LogP contribution in [0.4, 0.5) is 5.69 Å². The molecule has 0 fully saturated rings. The molecule has 0 saturated heterocycles. The van der Waals surface area contributed by atoms with Crippen molar-refractivity contribution in [1.82, 2.24) is 15.1 Å². The summed E-state index contributed by atoms with van der Waals surface area (Å²) in [5, 5.41) is 9.96. The fourth-order valence-corrected chi connectivity index (χ4v) is 3.23. The Hall–Kier alpha value is -2.83. The third kappa shape index (κ3) is 5.32. The number of carbonyl (C=O) groups excluding carboxylic acids is 2. The highest BCUT2D eigenvalue weighted by molar-refractivity contribution is 5.94. The van der Waals surface area contributed by atoms with E-state index < -0.39 is 0 Å². The minimum Gasteiger partial charge on any atom is -0.497 e. The van der Waals surface area contributed by atoms with Crippen molar-refractivity contribution in [3.05, 3.63) is 41.2 Å². The Balaban J connectivity index is 1.96. The van der Waals surface area contributed by atoms with Crippen LogP contribution in [0.5, 0.6) is 5.75 Å². The maximum absolute atomic E-state index is 12.7. The van der Waals surface area contributed by atoms with Gasteiger partial charge in [0.25, 0.3) is 0 Å². The van der Waals surface area contributed by atoms with Gasteiger partial charge in [-0.1, -0.05) is 13.0 Å². The van der Waals surface area contributed by atoms with Gasteiger partial charge in [-0.15, -0.1) is 0 Å². The number of aromatic nitrogens is 2. The summed E-state index contributed by atoms with van der Waals surface area (Å²) in [4.78, 5) is 26.6. The standard InChI is InChI=1S/C20H28N4O3/c1-6-24(12-18(25)21-16-8-7-9-17(11-16)27-5)19(26)10-13(2)20-14(3)22-23-15(20)4/h7-9,11,13H,6,10,12H2,1-5H3,(H,21,25)(H,22,23)/t13-/m0/s1. The molecule has 1 heterocycles. The number of aromatic amines is 1. The number of amides is 2. The summed E-state index contributed by atoms with van der Waals surface area (Å²) < 4.78 is 5.15. The van der Waals surface area contributed by atoms with Crippen LogP contribution in [-0.2, 0) is 9.59 Å². The van der Waals surface area contributed by atoms with Crippen molar-refractivity contribution in [2.24, 2.45) is 0 Å². The largest absolute Gasteiger partial charge is 0.497 e. The van der Waals surface area contributed by atoms with E-state index in [1.807, 2.05) is 27.7 Å². The van der Waals surface area contributed by atoms with E-state index in [1.165, 1.54) is 0 Å². The van der Waals surface area contributed by atoms with Gasteiger partial charge >= 0.3 is 0 Å². The molecule has 2 rings (SSSR count). The van der Waals surface area contributed by atoms with E-state index in [0.29, 0.717) is 24.4 Å². The molecule has 2 amide bonds. The number of aryl methyl sites for hydroxylation is 2. The Kier molecular flexibility index (Phi) is 6.98. The van der Waals surface area contributed by atoms with Crippen molar-refractivity contribution < 1.29 is 14.3 Å². The van der Waals surface area contributed by atoms with Crippen molar-refractivity contribution in [3.63, 3.8) is 0 Å². The number of hydrogen-bond acceptors (Lipinski definition) is 4. The lowest BCUT2D eigenvalue weighted by atomic mass is 9.95. The van der Waals surface area contributed by atoms with Gasteiger partial charge in [-0.25, -0.2) is 0 Å². The van der Waals surface area contributed by atoms with E-state index in [4.69, 9.17) is 4.74 Å². The van der Waals surface area contributed by atoms with E-state index in [9.17, 15) is 9.59 Å². The third-order valence-electron chi connectivity index (χ3n) is 4.58. The average Bonchev–Trinajstić information content (AvgIpc) is 2.98. The second-order valence-electron chi connectivity index (χ2n) is 6.64. The molecule has 146 valence electrons. The van der Waals surface area contributed by atoms with Gasteiger partial charge in [0, 0.05) is 30.4 Å². The molecular weight excluding hydrogens is 344 g/mol. The van der Waals surface area contributed by atoms with Crippen molar-refractivity contribution in [1.29, 1.82) is 0 Å². The first kappa shape index (κ1) is 20.5. The summed E-state index contributed by atoms with van der Waals surface area (Å²) in [5.41, 5.74) is 3.60. The Morgan fingerprint density at radius 2 is 2.07 bits per heavy atom. The summed E-state index contributed by atoms with van der Waals surface area (Å²) in [5.74, 6) is 0.412. The molecule has 2 aromatic rings. The summed E-state index contributed by atoms with van der Waals surface area (Å²) in [6.45, 7) is 8.25. The van der Waals surface area contributed by atoms with Gasteiger partial charge in [-0.2, -0.15) is 5.10 Å². The molecule has 1 aromatic heterocycles. The SMILES string of the molecule is CCN(CC(=O)Nc1cccc(OC)c1)C(=O)C[C@H](C)c1c(C)n[nH]c1C. The highest BCUT2D eigenvalue weighted by atomic mass is 16.5. The monoisotopic (exact) mass is 372 g/mol. The minimum atomic E-state index is -0.234. The summed E-state index contributed by atoms with van der Waals surface area (Å²) in [6, 6.07) is 7.13. The topological polar surface area (TPSA) is 87.3 Å². The number of nitrogens with one attached hydrogen (secondary N) is 2. The molecule has 2 N–H and O–H groups in total. The zero-order chi connectivity index (χ0) is 20.0. The van der Waals surface area contributed by atoms with Crippen molar-refractivity contribution in [2.75, 3.05) is 25.5 Å². The van der Waals surface area contributed by atoms with Gasteiger partial charge in [0.15, 0.2) is 0 Å². The van der Waals surface area contributed by atoms with Crippen LogP contribution in [0.3, 0.4) is 0 Å². The van der Waals surface area contributed by atoms with E-state index >= 15 is 0 Å². The quantitative estimate of drug-likeness (QED) is 0.746. The summed E-state index contributed by atoms with van der Waals surface area (Å²) >= 11 is 0. The van der Waals surface area contributed by atoms with Crippen LogP contribution in [0.15, 0.2) is 24.3 Å². The third-order valence-corrected chi connectivity index (χ3v) is 4.58. The molecular formula is C20H28N4O3. The lowest BCUT2D eigenvalue weighted by Gasteiger charge is -2.22. The van der Waals surface area contributed by atoms with Crippen LogP contribution in [0.1, 0.15) is 43.1 Å². The van der Waals surface area contributed by atoms with E-state index in [0.717, 1.165) is 17.0 Å². The minimum absolute atomic E-state index is 0.0165. The van der Waals surface area contributed by atoms with Crippen LogP contribution in [0, 0.1) is 13.8 Å². The summed E-state index contributed by atoms with van der Waals surface area (Å²) in [6.07, 6.45) is 0.335. The lowest BCUT2D eigenvalue weighted by Crippen LogP contribution is -2.38. The molecule has 0 radical (unpaired) electrons. The zero-order valence-electron chi connectivity index (χ0n) is 16.6. The Labute approximate surface area is 160 Å². The maximum Gasteiger partial charge on any atom is 0.243 e. The number of methoxy groups -OCH3 is 1. The number of benzene rings is 1. The number of H-pyrrole nitrogens is 1. The predicted octanol–water partition coefficient (Wildman–Crippen LogP) is 3.02. The number of anilines is 1. The van der Waals surface area contributed by atoms with Gasteiger partial charge in [0.2, 0.25) is 11.8 Å². The van der Waals surface area contributed by atoms with E-state index in [2.05, 4.69) is 15.5 Å². The number of ether oxygens (including phenoxy) is 1. The molecule has 1 aromatic carbocycles. The molecule has 0 aliphatic heterocycles. The normalized spacial score (nSPS) is 11.7. The number of likely N-dealkylation sites (N-methyl/N-ethyl adjacent to an activating group) is 1. The van der Waals surface area contributed by atoms with E-state index in [-0.39, 0.29) is 24.3 Å².